The molecule has 1 aliphatic rings. The molecule has 1 aliphatic heterocycles. The van der Waals surface area contributed by atoms with Crippen molar-refractivity contribution in [2.24, 2.45) is 0 Å². The summed E-state index contributed by atoms with van der Waals surface area (Å²) in [4.78, 5) is 26.8. The molecule has 0 spiro atoms. The summed E-state index contributed by atoms with van der Waals surface area (Å²) in [5.41, 5.74) is 1.05. The van der Waals surface area contributed by atoms with Crippen molar-refractivity contribution in [3.8, 4) is 11.5 Å². The van der Waals surface area contributed by atoms with E-state index in [0.717, 1.165) is 0 Å². The van der Waals surface area contributed by atoms with Gasteiger partial charge in [-0.25, -0.2) is 9.18 Å². The Morgan fingerprint density at radius 2 is 1.79 bits per heavy atom. The number of methoxy groups -OCH3 is 3. The summed E-state index contributed by atoms with van der Waals surface area (Å²) in [6.45, 7) is 1.57. The SMILES string of the molecule is COC(=O)C1=C(C)N(c2ccccc2F)C(=O)/C1=C\c1ccc(OC)cc1OC. The second kappa shape index (κ2) is 8.18. The van der Waals surface area contributed by atoms with Crippen LogP contribution in [0.2, 0.25) is 0 Å². The van der Waals surface area contributed by atoms with Crippen LogP contribution in [0.1, 0.15) is 12.5 Å². The third-order valence-electron chi connectivity index (χ3n) is 4.62. The third kappa shape index (κ3) is 3.59. The third-order valence-corrected chi connectivity index (χ3v) is 4.62. The molecule has 0 unspecified atom stereocenters. The Morgan fingerprint density at radius 1 is 1.07 bits per heavy atom. The van der Waals surface area contributed by atoms with Crippen LogP contribution in [0.5, 0.6) is 11.5 Å². The number of nitrogens with zero attached hydrogens (tertiary/aromatic N) is 1. The fourth-order valence-electron chi connectivity index (χ4n) is 3.20. The molecule has 0 aromatic heterocycles. The summed E-state index contributed by atoms with van der Waals surface area (Å²) in [5, 5.41) is 0. The van der Waals surface area contributed by atoms with Gasteiger partial charge in [0.1, 0.15) is 17.3 Å². The molecule has 6 nitrogen and oxygen atoms in total. The van der Waals surface area contributed by atoms with Gasteiger partial charge in [0.05, 0.1) is 38.2 Å². The Morgan fingerprint density at radius 3 is 2.41 bits per heavy atom. The summed E-state index contributed by atoms with van der Waals surface area (Å²) in [7, 11) is 4.24. The predicted molar refractivity (Wildman–Crippen MR) is 106 cm³/mol. The number of hydrogen-bond acceptors (Lipinski definition) is 5. The van der Waals surface area contributed by atoms with Gasteiger partial charge >= 0.3 is 5.97 Å². The first-order chi connectivity index (χ1) is 13.9. The monoisotopic (exact) mass is 397 g/mol. The zero-order valence-electron chi connectivity index (χ0n) is 16.5. The topological polar surface area (TPSA) is 65.1 Å². The van der Waals surface area contributed by atoms with Crippen LogP contribution in [0, 0.1) is 5.82 Å². The number of benzene rings is 2. The normalized spacial score (nSPS) is 15.1. The number of anilines is 1. The van der Waals surface area contributed by atoms with Gasteiger partial charge in [0.25, 0.3) is 5.91 Å². The number of carbonyl (C=O) groups excluding carboxylic acids is 2. The van der Waals surface area contributed by atoms with Crippen LogP contribution in [0.15, 0.2) is 59.3 Å². The average molecular weight is 397 g/mol. The Bertz CT molecular complexity index is 1040. The first-order valence-electron chi connectivity index (χ1n) is 8.75. The van der Waals surface area contributed by atoms with Crippen molar-refractivity contribution in [1.29, 1.82) is 0 Å². The predicted octanol–water partition coefficient (Wildman–Crippen LogP) is 3.72. The van der Waals surface area contributed by atoms with Crippen molar-refractivity contribution in [2.75, 3.05) is 26.2 Å². The largest absolute Gasteiger partial charge is 0.497 e. The van der Waals surface area contributed by atoms with E-state index >= 15 is 0 Å². The lowest BCUT2D eigenvalue weighted by Gasteiger charge is -2.18. The number of hydrogen-bond donors (Lipinski definition) is 0. The number of halogens is 1. The van der Waals surface area contributed by atoms with Crippen molar-refractivity contribution in [3.63, 3.8) is 0 Å². The first kappa shape index (κ1) is 20.1. The highest BCUT2D eigenvalue weighted by molar-refractivity contribution is 6.24. The minimum atomic E-state index is -0.687. The number of para-hydroxylation sites is 1. The second-order valence-corrected chi connectivity index (χ2v) is 6.21. The molecule has 0 N–H and O–H groups in total. The number of amides is 1. The molecule has 150 valence electrons. The van der Waals surface area contributed by atoms with Crippen molar-refractivity contribution < 1.29 is 28.2 Å². The van der Waals surface area contributed by atoms with Crippen LogP contribution in [-0.4, -0.2) is 33.2 Å². The van der Waals surface area contributed by atoms with Gasteiger partial charge in [-0.2, -0.15) is 0 Å². The molecule has 0 atom stereocenters. The van der Waals surface area contributed by atoms with E-state index in [9.17, 15) is 14.0 Å². The van der Waals surface area contributed by atoms with Gasteiger partial charge in [-0.3, -0.25) is 9.69 Å². The maximum Gasteiger partial charge on any atom is 0.340 e. The summed E-state index contributed by atoms with van der Waals surface area (Å²) >= 11 is 0. The van der Waals surface area contributed by atoms with Crippen molar-refractivity contribution >= 4 is 23.6 Å². The van der Waals surface area contributed by atoms with E-state index < -0.39 is 17.7 Å². The highest BCUT2D eigenvalue weighted by atomic mass is 19.1. The van der Waals surface area contributed by atoms with E-state index in [1.807, 2.05) is 0 Å². The van der Waals surface area contributed by atoms with E-state index in [-0.39, 0.29) is 22.5 Å². The van der Waals surface area contributed by atoms with Crippen LogP contribution in [0.3, 0.4) is 0 Å². The first-order valence-corrected chi connectivity index (χ1v) is 8.75. The standard InChI is InChI=1S/C22H20FNO5/c1-13-20(22(26)29-4)16(11-14-9-10-15(27-2)12-19(14)28-3)21(25)24(13)18-8-6-5-7-17(18)23/h5-12H,1-4H3/b16-11-. The second-order valence-electron chi connectivity index (χ2n) is 6.21. The van der Waals surface area contributed by atoms with Crippen LogP contribution >= 0.6 is 0 Å². The minimum Gasteiger partial charge on any atom is -0.497 e. The minimum absolute atomic E-state index is 0.0569. The molecule has 1 heterocycles. The molecule has 0 bridgehead atoms. The highest BCUT2D eigenvalue weighted by Crippen LogP contribution is 2.37. The van der Waals surface area contributed by atoms with Gasteiger partial charge in [-0.05, 0) is 37.3 Å². The number of allylic oxidation sites excluding steroid dienone is 1. The molecule has 3 rings (SSSR count). The van der Waals surface area contributed by atoms with Gasteiger partial charge in [0, 0.05) is 17.3 Å². The molecule has 2 aromatic rings. The molecule has 29 heavy (non-hydrogen) atoms. The fourth-order valence-corrected chi connectivity index (χ4v) is 3.20. The lowest BCUT2D eigenvalue weighted by atomic mass is 10.0. The number of rotatable bonds is 5. The molecule has 7 heteroatoms. The maximum atomic E-state index is 14.4. The summed E-state index contributed by atoms with van der Waals surface area (Å²) < 4.78 is 29.8. The molecular formula is C22H20FNO5. The number of ether oxygens (including phenoxy) is 3. The molecular weight excluding hydrogens is 377 g/mol. The zero-order chi connectivity index (χ0) is 21.1. The van der Waals surface area contributed by atoms with E-state index in [1.54, 1.807) is 31.2 Å². The average Bonchev–Trinajstić information content (AvgIpc) is 2.97. The molecule has 2 aromatic carbocycles. The molecule has 0 fully saturated rings. The van der Waals surface area contributed by atoms with Crippen molar-refractivity contribution in [3.05, 3.63) is 70.7 Å². The Hall–Kier alpha value is -3.61. The quantitative estimate of drug-likeness (QED) is 0.568. The Balaban J connectivity index is 2.18. The van der Waals surface area contributed by atoms with E-state index in [4.69, 9.17) is 14.2 Å². The molecule has 1 amide bonds. The highest BCUT2D eigenvalue weighted by Gasteiger charge is 2.39. The van der Waals surface area contributed by atoms with Crippen LogP contribution in [-0.2, 0) is 14.3 Å². The molecule has 0 saturated heterocycles. The van der Waals surface area contributed by atoms with Crippen LogP contribution in [0.4, 0.5) is 10.1 Å². The van der Waals surface area contributed by atoms with Crippen molar-refractivity contribution in [2.45, 2.75) is 6.92 Å². The van der Waals surface area contributed by atoms with Crippen LogP contribution in [0.25, 0.3) is 6.08 Å². The summed E-state index contributed by atoms with van der Waals surface area (Å²) in [5.74, 6) is -0.766. The van der Waals surface area contributed by atoms with Gasteiger partial charge < -0.3 is 14.2 Å². The van der Waals surface area contributed by atoms with Crippen molar-refractivity contribution in [1.82, 2.24) is 0 Å². The number of esters is 1. The summed E-state index contributed by atoms with van der Waals surface area (Å²) in [6, 6.07) is 10.9. The summed E-state index contributed by atoms with van der Waals surface area (Å²) in [6.07, 6.45) is 1.53. The Labute approximate surface area is 167 Å². The lowest BCUT2D eigenvalue weighted by Crippen LogP contribution is -2.25. The van der Waals surface area contributed by atoms with Gasteiger partial charge in [-0.1, -0.05) is 12.1 Å². The zero-order valence-corrected chi connectivity index (χ0v) is 16.5. The van der Waals surface area contributed by atoms with Gasteiger partial charge in [0.2, 0.25) is 0 Å². The fraction of sp³-hybridized carbons (Fsp3) is 0.182. The molecule has 0 saturated carbocycles. The molecule has 0 aliphatic carbocycles. The Kier molecular flexibility index (Phi) is 5.68. The van der Waals surface area contributed by atoms with Gasteiger partial charge in [-0.15, -0.1) is 0 Å². The maximum absolute atomic E-state index is 14.4. The van der Waals surface area contributed by atoms with E-state index in [1.165, 1.54) is 50.5 Å². The van der Waals surface area contributed by atoms with Gasteiger partial charge in [0.15, 0.2) is 0 Å². The smallest absolute Gasteiger partial charge is 0.340 e. The van der Waals surface area contributed by atoms with Crippen LogP contribution < -0.4 is 14.4 Å². The molecule has 0 radical (unpaired) electrons. The lowest BCUT2D eigenvalue weighted by molar-refractivity contribution is -0.136. The van der Waals surface area contributed by atoms with E-state index in [0.29, 0.717) is 17.1 Å². The number of carbonyl (C=O) groups is 2. The van der Waals surface area contributed by atoms with E-state index in [2.05, 4.69) is 0 Å².